The van der Waals surface area contributed by atoms with E-state index in [9.17, 15) is 8.42 Å². The summed E-state index contributed by atoms with van der Waals surface area (Å²) in [4.78, 5) is 6.73. The Kier molecular flexibility index (Phi) is 7.16. The van der Waals surface area contributed by atoms with E-state index in [-0.39, 0.29) is 12.1 Å². The molecule has 0 aliphatic carbocycles. The van der Waals surface area contributed by atoms with Crippen LogP contribution >= 0.6 is 12.2 Å². The molecule has 1 fully saturated rings. The molecule has 35 heavy (non-hydrogen) atoms. The molecule has 0 bridgehead atoms. The molecule has 2 aromatic heterocycles. The minimum Gasteiger partial charge on any atom is -0.383 e. The molecule has 1 saturated heterocycles. The van der Waals surface area contributed by atoms with Crippen LogP contribution in [0.25, 0.3) is 0 Å². The van der Waals surface area contributed by atoms with Crippen LogP contribution < -0.4 is 14.9 Å². The highest BCUT2D eigenvalue weighted by atomic mass is 32.2. The van der Waals surface area contributed by atoms with Gasteiger partial charge in [0.1, 0.15) is 0 Å². The number of ether oxygens (including phenoxy) is 1. The lowest BCUT2D eigenvalue weighted by Gasteiger charge is -2.29. The fourth-order valence-corrected chi connectivity index (χ4v) is 5.69. The number of hydrogen-bond acceptors (Lipinski definition) is 5. The van der Waals surface area contributed by atoms with E-state index in [1.165, 1.54) is 0 Å². The van der Waals surface area contributed by atoms with Gasteiger partial charge in [-0.05, 0) is 80.5 Å². The predicted molar refractivity (Wildman–Crippen MR) is 143 cm³/mol. The van der Waals surface area contributed by atoms with Gasteiger partial charge in [0.05, 0.1) is 36.3 Å². The molecule has 8 nitrogen and oxygen atoms in total. The highest BCUT2D eigenvalue weighted by Crippen LogP contribution is 2.43. The number of aromatic nitrogens is 2. The van der Waals surface area contributed by atoms with Gasteiger partial charge in [-0.25, -0.2) is 8.42 Å². The molecular weight excluding hydrogens is 482 g/mol. The van der Waals surface area contributed by atoms with Crippen LogP contribution in [0.5, 0.6) is 0 Å². The lowest BCUT2D eigenvalue weighted by atomic mass is 9.96. The van der Waals surface area contributed by atoms with Crippen molar-refractivity contribution in [1.82, 2.24) is 14.9 Å². The van der Waals surface area contributed by atoms with Gasteiger partial charge in [-0.1, -0.05) is 6.07 Å². The van der Waals surface area contributed by atoms with Crippen molar-refractivity contribution in [2.24, 2.45) is 0 Å². The average Bonchev–Trinajstić information content (AvgIpc) is 3.29. The van der Waals surface area contributed by atoms with Crippen molar-refractivity contribution in [3.8, 4) is 0 Å². The number of aryl methyl sites for hydroxylation is 2. The van der Waals surface area contributed by atoms with Crippen LogP contribution in [0.4, 0.5) is 11.4 Å². The Balaban J connectivity index is 1.82. The van der Waals surface area contributed by atoms with E-state index in [0.29, 0.717) is 17.4 Å². The van der Waals surface area contributed by atoms with Gasteiger partial charge >= 0.3 is 0 Å². The molecule has 2 atom stereocenters. The standard InChI is InChI=1S/C25H31N5O3S2/c1-16-14-19(9-10-21(16)28-35(5,31)32)30-24(20-15-17(2)29(18(20)3)12-13-33-4)23(27-25(30)34)22-8-6-7-11-26-22/h6-11,14-15,23-24,28H,12-13H2,1-5H3,(H,27,34). The number of sulfonamides is 1. The Bertz CT molecular complexity index is 1340. The zero-order valence-electron chi connectivity index (χ0n) is 20.6. The first-order valence-corrected chi connectivity index (χ1v) is 13.7. The normalized spacial score (nSPS) is 18.1. The summed E-state index contributed by atoms with van der Waals surface area (Å²) in [5.74, 6) is 0. The Morgan fingerprint density at radius 1 is 1.17 bits per heavy atom. The zero-order valence-corrected chi connectivity index (χ0v) is 22.2. The fourth-order valence-electron chi connectivity index (χ4n) is 4.71. The Labute approximate surface area is 212 Å². The predicted octanol–water partition coefficient (Wildman–Crippen LogP) is 4.00. The molecule has 186 valence electrons. The smallest absolute Gasteiger partial charge is 0.229 e. The lowest BCUT2D eigenvalue weighted by Crippen LogP contribution is -2.29. The van der Waals surface area contributed by atoms with Crippen molar-refractivity contribution in [2.75, 3.05) is 29.6 Å². The van der Waals surface area contributed by atoms with Gasteiger partial charge < -0.3 is 19.5 Å². The van der Waals surface area contributed by atoms with Gasteiger partial charge in [0, 0.05) is 36.9 Å². The zero-order chi connectivity index (χ0) is 25.3. The molecule has 2 N–H and O–H groups in total. The Hall–Kier alpha value is -2.95. The van der Waals surface area contributed by atoms with Gasteiger partial charge in [0.2, 0.25) is 10.0 Å². The summed E-state index contributed by atoms with van der Waals surface area (Å²) in [6, 6.07) is 13.4. The second kappa shape index (κ2) is 9.96. The maximum Gasteiger partial charge on any atom is 0.229 e. The summed E-state index contributed by atoms with van der Waals surface area (Å²) in [6.45, 7) is 7.49. The van der Waals surface area contributed by atoms with E-state index >= 15 is 0 Å². The van der Waals surface area contributed by atoms with Gasteiger partial charge in [-0.2, -0.15) is 0 Å². The van der Waals surface area contributed by atoms with Crippen LogP contribution in [-0.2, 0) is 21.3 Å². The van der Waals surface area contributed by atoms with Gasteiger partial charge in [0.15, 0.2) is 5.11 Å². The maximum absolute atomic E-state index is 11.8. The van der Waals surface area contributed by atoms with Crippen LogP contribution in [0.2, 0.25) is 0 Å². The third-order valence-electron chi connectivity index (χ3n) is 6.33. The van der Waals surface area contributed by atoms with Crippen molar-refractivity contribution in [3.05, 3.63) is 76.9 Å². The van der Waals surface area contributed by atoms with Crippen molar-refractivity contribution in [3.63, 3.8) is 0 Å². The second-order valence-corrected chi connectivity index (χ2v) is 11.0. The fraction of sp³-hybridized carbons (Fsp3) is 0.360. The monoisotopic (exact) mass is 513 g/mol. The number of benzene rings is 1. The van der Waals surface area contributed by atoms with Gasteiger partial charge in [-0.3, -0.25) is 9.71 Å². The highest BCUT2D eigenvalue weighted by Gasteiger charge is 2.42. The Morgan fingerprint density at radius 2 is 1.94 bits per heavy atom. The SMILES string of the molecule is COCCn1c(C)cc(C2C(c3ccccn3)NC(=S)N2c2ccc(NS(C)(=O)=O)c(C)c2)c1C. The first-order valence-electron chi connectivity index (χ1n) is 11.4. The largest absolute Gasteiger partial charge is 0.383 e. The quantitative estimate of drug-likeness (QED) is 0.440. The highest BCUT2D eigenvalue weighted by molar-refractivity contribution is 7.92. The Morgan fingerprint density at radius 3 is 2.57 bits per heavy atom. The van der Waals surface area contributed by atoms with E-state index in [4.69, 9.17) is 17.0 Å². The molecular formula is C25H31N5O3S2. The summed E-state index contributed by atoms with van der Waals surface area (Å²) in [5, 5.41) is 4.08. The number of rotatable bonds is 8. The van der Waals surface area contributed by atoms with E-state index in [1.54, 1.807) is 19.4 Å². The summed E-state index contributed by atoms with van der Waals surface area (Å²) < 4.78 is 33.7. The maximum atomic E-state index is 11.8. The van der Waals surface area contributed by atoms with E-state index < -0.39 is 10.0 Å². The van der Waals surface area contributed by atoms with E-state index in [1.807, 2.05) is 37.3 Å². The summed E-state index contributed by atoms with van der Waals surface area (Å²) in [5.41, 5.74) is 6.58. The second-order valence-electron chi connectivity index (χ2n) is 8.84. The molecule has 3 heterocycles. The van der Waals surface area contributed by atoms with Crippen molar-refractivity contribution in [1.29, 1.82) is 0 Å². The molecule has 4 rings (SSSR count). The summed E-state index contributed by atoms with van der Waals surface area (Å²) in [7, 11) is -1.67. The number of methoxy groups -OCH3 is 1. The number of pyridine rings is 1. The first kappa shape index (κ1) is 25.2. The van der Waals surface area contributed by atoms with Crippen LogP contribution in [0.15, 0.2) is 48.7 Å². The van der Waals surface area contributed by atoms with Crippen molar-refractivity contribution < 1.29 is 13.2 Å². The molecule has 3 aromatic rings. The van der Waals surface area contributed by atoms with Gasteiger partial charge in [0.25, 0.3) is 0 Å². The number of thiocarbonyl (C=S) groups is 1. The molecule has 1 aliphatic heterocycles. The topological polar surface area (TPSA) is 88.5 Å². The number of hydrogen-bond donors (Lipinski definition) is 2. The first-order chi connectivity index (χ1) is 16.6. The lowest BCUT2D eigenvalue weighted by molar-refractivity contribution is 0.186. The average molecular weight is 514 g/mol. The molecule has 0 saturated carbocycles. The minimum atomic E-state index is -3.38. The van der Waals surface area contributed by atoms with Gasteiger partial charge in [-0.15, -0.1) is 0 Å². The van der Waals surface area contributed by atoms with Crippen LogP contribution in [0.3, 0.4) is 0 Å². The molecule has 0 amide bonds. The summed E-state index contributed by atoms with van der Waals surface area (Å²) >= 11 is 5.84. The van der Waals surface area contributed by atoms with E-state index in [2.05, 4.69) is 44.4 Å². The number of nitrogens with one attached hydrogen (secondary N) is 2. The minimum absolute atomic E-state index is 0.145. The molecule has 10 heteroatoms. The van der Waals surface area contributed by atoms with Crippen molar-refractivity contribution >= 4 is 38.7 Å². The van der Waals surface area contributed by atoms with Crippen LogP contribution in [0.1, 0.15) is 40.3 Å². The molecule has 1 aliphatic rings. The van der Waals surface area contributed by atoms with Crippen LogP contribution in [0, 0.1) is 20.8 Å². The molecule has 2 unspecified atom stereocenters. The van der Waals surface area contributed by atoms with E-state index in [0.717, 1.165) is 46.7 Å². The number of anilines is 2. The summed E-state index contributed by atoms with van der Waals surface area (Å²) in [6.07, 6.45) is 2.93. The third-order valence-corrected chi connectivity index (χ3v) is 7.24. The molecule has 0 spiro atoms. The third kappa shape index (κ3) is 5.19. The molecule has 0 radical (unpaired) electrons. The number of nitrogens with zero attached hydrogens (tertiary/aromatic N) is 3. The van der Waals surface area contributed by atoms with Crippen molar-refractivity contribution in [2.45, 2.75) is 39.4 Å². The molecule has 1 aromatic carbocycles. The van der Waals surface area contributed by atoms with Crippen LogP contribution in [-0.4, -0.2) is 43.1 Å².